The molecule has 1 amide bonds. The van der Waals surface area contributed by atoms with Gasteiger partial charge in [-0.25, -0.2) is 0 Å². The molecule has 20 heavy (non-hydrogen) atoms. The fourth-order valence-electron chi connectivity index (χ4n) is 1.93. The maximum Gasteiger partial charge on any atom is 0.251 e. The van der Waals surface area contributed by atoms with Crippen LogP contribution in [0.3, 0.4) is 0 Å². The van der Waals surface area contributed by atoms with E-state index in [-0.39, 0.29) is 11.4 Å². The summed E-state index contributed by atoms with van der Waals surface area (Å²) in [5.41, 5.74) is 5.81. The van der Waals surface area contributed by atoms with Gasteiger partial charge in [0.2, 0.25) is 0 Å². The standard InChI is InChI=1S/C15H24N2O3/c1-5-15(2,6-7-16)17-14(18)11-8-12(19-3)10-13(9-11)20-4/h8-10H,5-7,16H2,1-4H3,(H,17,18). The lowest BCUT2D eigenvalue weighted by atomic mass is 9.94. The average Bonchev–Trinajstić information content (AvgIpc) is 2.46. The Labute approximate surface area is 120 Å². The zero-order chi connectivity index (χ0) is 15.2. The highest BCUT2D eigenvalue weighted by Gasteiger charge is 2.24. The van der Waals surface area contributed by atoms with Gasteiger partial charge in [0.25, 0.3) is 5.91 Å². The Bertz CT molecular complexity index is 440. The molecular weight excluding hydrogens is 256 g/mol. The summed E-state index contributed by atoms with van der Waals surface area (Å²) in [6, 6.07) is 5.11. The van der Waals surface area contributed by atoms with Crippen molar-refractivity contribution in [3.05, 3.63) is 23.8 Å². The maximum absolute atomic E-state index is 12.4. The maximum atomic E-state index is 12.4. The Kier molecular flexibility index (Phi) is 5.82. The van der Waals surface area contributed by atoms with Crippen molar-refractivity contribution in [3.8, 4) is 11.5 Å². The minimum atomic E-state index is -0.303. The van der Waals surface area contributed by atoms with E-state index in [1.165, 1.54) is 0 Å². The predicted octanol–water partition coefficient (Wildman–Crippen LogP) is 1.95. The number of methoxy groups -OCH3 is 2. The molecular formula is C15H24N2O3. The van der Waals surface area contributed by atoms with Gasteiger partial charge >= 0.3 is 0 Å². The number of carbonyl (C=O) groups excluding carboxylic acids is 1. The summed E-state index contributed by atoms with van der Waals surface area (Å²) in [7, 11) is 3.11. The van der Waals surface area contributed by atoms with Gasteiger partial charge in [-0.05, 0) is 38.4 Å². The minimum Gasteiger partial charge on any atom is -0.497 e. The van der Waals surface area contributed by atoms with Crippen LogP contribution in [0.15, 0.2) is 18.2 Å². The molecule has 112 valence electrons. The van der Waals surface area contributed by atoms with Gasteiger partial charge < -0.3 is 20.5 Å². The second-order valence-electron chi connectivity index (χ2n) is 5.01. The monoisotopic (exact) mass is 280 g/mol. The molecule has 1 aromatic carbocycles. The van der Waals surface area contributed by atoms with Crippen LogP contribution in [0.2, 0.25) is 0 Å². The van der Waals surface area contributed by atoms with E-state index in [1.807, 2.05) is 13.8 Å². The molecule has 0 aliphatic heterocycles. The highest BCUT2D eigenvalue weighted by atomic mass is 16.5. The second-order valence-corrected chi connectivity index (χ2v) is 5.01. The molecule has 0 fully saturated rings. The van der Waals surface area contributed by atoms with E-state index < -0.39 is 0 Å². The van der Waals surface area contributed by atoms with Gasteiger partial charge in [-0.3, -0.25) is 4.79 Å². The van der Waals surface area contributed by atoms with E-state index in [0.717, 1.165) is 12.8 Å². The summed E-state index contributed by atoms with van der Waals surface area (Å²) in [5, 5.41) is 3.03. The lowest BCUT2D eigenvalue weighted by Crippen LogP contribution is -2.46. The van der Waals surface area contributed by atoms with Gasteiger partial charge in [0.15, 0.2) is 0 Å². The van der Waals surface area contributed by atoms with Gasteiger partial charge in [0.05, 0.1) is 14.2 Å². The van der Waals surface area contributed by atoms with Crippen molar-refractivity contribution in [1.29, 1.82) is 0 Å². The molecule has 5 heteroatoms. The number of carbonyl (C=O) groups is 1. The van der Waals surface area contributed by atoms with E-state index in [2.05, 4.69) is 5.32 Å². The highest BCUT2D eigenvalue weighted by molar-refractivity contribution is 5.95. The molecule has 1 atom stereocenters. The first kappa shape index (κ1) is 16.3. The number of nitrogens with two attached hydrogens (primary N) is 1. The first-order chi connectivity index (χ1) is 9.47. The van der Waals surface area contributed by atoms with Crippen molar-refractivity contribution in [3.63, 3.8) is 0 Å². The van der Waals surface area contributed by atoms with Crippen LogP contribution in [0.4, 0.5) is 0 Å². The van der Waals surface area contributed by atoms with Crippen molar-refractivity contribution in [2.24, 2.45) is 5.73 Å². The molecule has 0 aliphatic rings. The molecule has 1 unspecified atom stereocenters. The Balaban J connectivity index is 2.96. The number of rotatable bonds is 7. The molecule has 0 heterocycles. The van der Waals surface area contributed by atoms with Crippen molar-refractivity contribution in [1.82, 2.24) is 5.32 Å². The van der Waals surface area contributed by atoms with Crippen LogP contribution < -0.4 is 20.5 Å². The van der Waals surface area contributed by atoms with Crippen LogP contribution in [-0.2, 0) is 0 Å². The van der Waals surface area contributed by atoms with Gasteiger partial charge in [-0.1, -0.05) is 6.92 Å². The Morgan fingerprint density at radius 2 is 1.80 bits per heavy atom. The number of hydrogen-bond acceptors (Lipinski definition) is 4. The van der Waals surface area contributed by atoms with Crippen LogP contribution in [-0.4, -0.2) is 32.2 Å². The van der Waals surface area contributed by atoms with Crippen LogP contribution in [0.25, 0.3) is 0 Å². The van der Waals surface area contributed by atoms with E-state index in [1.54, 1.807) is 32.4 Å². The third kappa shape index (κ3) is 4.13. The van der Waals surface area contributed by atoms with Gasteiger partial charge in [0, 0.05) is 17.2 Å². The predicted molar refractivity (Wildman–Crippen MR) is 79.4 cm³/mol. The summed E-state index contributed by atoms with van der Waals surface area (Å²) >= 11 is 0. The molecule has 1 aromatic rings. The third-order valence-corrected chi connectivity index (χ3v) is 3.51. The molecule has 0 spiro atoms. The van der Waals surface area contributed by atoms with Crippen molar-refractivity contribution in [2.45, 2.75) is 32.2 Å². The largest absolute Gasteiger partial charge is 0.497 e. The molecule has 0 aromatic heterocycles. The van der Waals surface area contributed by atoms with Gasteiger partial charge in [-0.2, -0.15) is 0 Å². The first-order valence-corrected chi connectivity index (χ1v) is 6.73. The zero-order valence-corrected chi connectivity index (χ0v) is 12.7. The zero-order valence-electron chi connectivity index (χ0n) is 12.7. The fraction of sp³-hybridized carbons (Fsp3) is 0.533. The second kappa shape index (κ2) is 7.14. The molecule has 3 N–H and O–H groups in total. The SMILES string of the molecule is CCC(C)(CCN)NC(=O)c1cc(OC)cc(OC)c1. The first-order valence-electron chi connectivity index (χ1n) is 6.73. The molecule has 1 rings (SSSR count). The summed E-state index contributed by atoms with van der Waals surface area (Å²) in [6.07, 6.45) is 1.55. The smallest absolute Gasteiger partial charge is 0.251 e. The summed E-state index contributed by atoms with van der Waals surface area (Å²) in [6.45, 7) is 4.56. The number of amides is 1. The average molecular weight is 280 g/mol. The molecule has 5 nitrogen and oxygen atoms in total. The normalized spacial score (nSPS) is 13.4. The lowest BCUT2D eigenvalue weighted by molar-refractivity contribution is 0.0899. The van der Waals surface area contributed by atoms with E-state index in [4.69, 9.17) is 15.2 Å². The summed E-state index contributed by atoms with van der Waals surface area (Å²) < 4.78 is 10.3. The molecule has 0 aliphatic carbocycles. The van der Waals surface area contributed by atoms with Crippen LogP contribution in [0, 0.1) is 0 Å². The third-order valence-electron chi connectivity index (χ3n) is 3.51. The lowest BCUT2D eigenvalue weighted by Gasteiger charge is -2.29. The van der Waals surface area contributed by atoms with Gasteiger partial charge in [0.1, 0.15) is 11.5 Å². The quantitative estimate of drug-likeness (QED) is 0.800. The van der Waals surface area contributed by atoms with E-state index in [9.17, 15) is 4.79 Å². The topological polar surface area (TPSA) is 73.6 Å². The summed E-state index contributed by atoms with van der Waals surface area (Å²) in [5.74, 6) is 1.03. The number of ether oxygens (including phenoxy) is 2. The van der Waals surface area contributed by atoms with Crippen molar-refractivity contribution >= 4 is 5.91 Å². The molecule has 0 saturated carbocycles. The van der Waals surface area contributed by atoms with E-state index in [0.29, 0.717) is 23.6 Å². The molecule has 0 bridgehead atoms. The molecule has 0 radical (unpaired) electrons. The number of hydrogen-bond donors (Lipinski definition) is 2. The Morgan fingerprint density at radius 1 is 1.25 bits per heavy atom. The number of benzene rings is 1. The Hall–Kier alpha value is -1.75. The van der Waals surface area contributed by atoms with Crippen LogP contribution >= 0.6 is 0 Å². The van der Waals surface area contributed by atoms with E-state index >= 15 is 0 Å². The summed E-state index contributed by atoms with van der Waals surface area (Å²) in [4.78, 5) is 12.4. The fourth-order valence-corrected chi connectivity index (χ4v) is 1.93. The van der Waals surface area contributed by atoms with Crippen molar-refractivity contribution < 1.29 is 14.3 Å². The minimum absolute atomic E-state index is 0.153. The van der Waals surface area contributed by atoms with Gasteiger partial charge in [-0.15, -0.1) is 0 Å². The number of nitrogens with one attached hydrogen (secondary N) is 1. The Morgan fingerprint density at radius 3 is 2.20 bits per heavy atom. The van der Waals surface area contributed by atoms with Crippen LogP contribution in [0.1, 0.15) is 37.0 Å². The van der Waals surface area contributed by atoms with Crippen LogP contribution in [0.5, 0.6) is 11.5 Å². The highest BCUT2D eigenvalue weighted by Crippen LogP contribution is 2.23. The molecule has 0 saturated heterocycles. The van der Waals surface area contributed by atoms with Crippen molar-refractivity contribution in [2.75, 3.05) is 20.8 Å².